The van der Waals surface area contributed by atoms with Gasteiger partial charge in [-0.2, -0.15) is 0 Å². The van der Waals surface area contributed by atoms with E-state index in [9.17, 15) is 4.39 Å². The van der Waals surface area contributed by atoms with Crippen LogP contribution in [-0.2, 0) is 0 Å². The van der Waals surface area contributed by atoms with Crippen LogP contribution >= 0.6 is 15.9 Å². The minimum Gasteiger partial charge on any atom is -0.354 e. The van der Waals surface area contributed by atoms with Gasteiger partial charge in [0.2, 0.25) is 0 Å². The fourth-order valence-corrected chi connectivity index (χ4v) is 3.94. The van der Waals surface area contributed by atoms with Gasteiger partial charge in [-0.1, -0.05) is 19.3 Å². The predicted octanol–water partition coefficient (Wildman–Crippen LogP) is 4.53. The first-order valence-electron chi connectivity index (χ1n) is 7.25. The summed E-state index contributed by atoms with van der Waals surface area (Å²) in [7, 11) is 0. The van der Waals surface area contributed by atoms with E-state index in [0.29, 0.717) is 15.7 Å². The Morgan fingerprint density at radius 2 is 1.79 bits per heavy atom. The van der Waals surface area contributed by atoms with Crippen LogP contribution in [0.3, 0.4) is 0 Å². The summed E-state index contributed by atoms with van der Waals surface area (Å²) >= 11 is 3.26. The van der Waals surface area contributed by atoms with E-state index >= 15 is 0 Å². The van der Waals surface area contributed by atoms with Gasteiger partial charge >= 0.3 is 0 Å². The lowest BCUT2D eigenvalue weighted by Crippen LogP contribution is -2.41. The van der Waals surface area contributed by atoms with Crippen molar-refractivity contribution < 1.29 is 4.39 Å². The van der Waals surface area contributed by atoms with Crippen LogP contribution in [0.1, 0.15) is 44.9 Å². The molecule has 1 aliphatic carbocycles. The molecule has 1 saturated carbocycles. The van der Waals surface area contributed by atoms with Crippen LogP contribution in [-0.4, -0.2) is 18.1 Å². The first-order valence-corrected chi connectivity index (χ1v) is 8.04. The molecular formula is C15H20BrFN2. The van der Waals surface area contributed by atoms with Gasteiger partial charge in [0.1, 0.15) is 0 Å². The number of nitrogens with zero attached hydrogens (tertiary/aromatic N) is 2. The number of rotatable bonds is 1. The lowest BCUT2D eigenvalue weighted by atomic mass is 9.68. The molecule has 1 aliphatic heterocycles. The first-order chi connectivity index (χ1) is 9.19. The van der Waals surface area contributed by atoms with Gasteiger partial charge in [-0.3, -0.25) is 0 Å². The highest BCUT2D eigenvalue weighted by Gasteiger charge is 2.36. The third-order valence-electron chi connectivity index (χ3n) is 4.83. The first kappa shape index (κ1) is 13.3. The normalized spacial score (nSPS) is 22.7. The SMILES string of the molecule is Fc1cc(Br)cnc1N1CCC2(CCCCC2)CC1. The van der Waals surface area contributed by atoms with Crippen molar-refractivity contribution in [3.8, 4) is 0 Å². The highest BCUT2D eigenvalue weighted by molar-refractivity contribution is 9.10. The third-order valence-corrected chi connectivity index (χ3v) is 5.26. The topological polar surface area (TPSA) is 16.1 Å². The Hall–Kier alpha value is -0.640. The lowest BCUT2D eigenvalue weighted by molar-refractivity contribution is 0.144. The molecule has 2 fully saturated rings. The second-order valence-electron chi connectivity index (χ2n) is 6.01. The molecule has 0 bridgehead atoms. The molecule has 1 aromatic rings. The van der Waals surface area contributed by atoms with Crippen molar-refractivity contribution in [1.29, 1.82) is 0 Å². The third kappa shape index (κ3) is 2.78. The Balaban J connectivity index is 1.69. The summed E-state index contributed by atoms with van der Waals surface area (Å²) in [6.45, 7) is 1.90. The fourth-order valence-electron chi connectivity index (χ4n) is 3.63. The van der Waals surface area contributed by atoms with Crippen molar-refractivity contribution in [3.63, 3.8) is 0 Å². The second-order valence-corrected chi connectivity index (χ2v) is 6.92. The van der Waals surface area contributed by atoms with Gasteiger partial charge in [0.15, 0.2) is 11.6 Å². The van der Waals surface area contributed by atoms with E-state index in [4.69, 9.17) is 0 Å². The number of piperidine rings is 1. The van der Waals surface area contributed by atoms with Gasteiger partial charge in [-0.05, 0) is 53.1 Å². The van der Waals surface area contributed by atoms with Crippen LogP contribution in [0, 0.1) is 11.2 Å². The Morgan fingerprint density at radius 1 is 1.11 bits per heavy atom. The number of hydrogen-bond donors (Lipinski definition) is 0. The largest absolute Gasteiger partial charge is 0.354 e. The van der Waals surface area contributed by atoms with Crippen LogP contribution in [0.4, 0.5) is 10.2 Å². The minimum atomic E-state index is -0.214. The number of halogens is 2. The molecular weight excluding hydrogens is 307 g/mol. The van der Waals surface area contributed by atoms with Crippen LogP contribution in [0.2, 0.25) is 0 Å². The molecule has 1 aromatic heterocycles. The highest BCUT2D eigenvalue weighted by Crippen LogP contribution is 2.45. The average molecular weight is 327 g/mol. The maximum absolute atomic E-state index is 13.9. The molecule has 1 saturated heterocycles. The zero-order valence-corrected chi connectivity index (χ0v) is 12.8. The van der Waals surface area contributed by atoms with Gasteiger partial charge < -0.3 is 4.90 Å². The van der Waals surface area contributed by atoms with E-state index in [1.54, 1.807) is 6.20 Å². The van der Waals surface area contributed by atoms with Gasteiger partial charge in [0, 0.05) is 23.8 Å². The highest BCUT2D eigenvalue weighted by atomic mass is 79.9. The van der Waals surface area contributed by atoms with Crippen molar-refractivity contribution in [3.05, 3.63) is 22.6 Å². The second kappa shape index (κ2) is 5.39. The molecule has 0 radical (unpaired) electrons. The summed E-state index contributed by atoms with van der Waals surface area (Å²) in [5.74, 6) is 0.308. The van der Waals surface area contributed by atoms with Gasteiger partial charge in [-0.25, -0.2) is 9.37 Å². The zero-order chi connectivity index (χ0) is 13.3. The van der Waals surface area contributed by atoms with Crippen molar-refractivity contribution in [1.82, 2.24) is 4.98 Å². The van der Waals surface area contributed by atoms with Crippen LogP contribution in [0.25, 0.3) is 0 Å². The molecule has 4 heteroatoms. The molecule has 1 spiro atoms. The van der Waals surface area contributed by atoms with Crippen molar-refractivity contribution in [2.45, 2.75) is 44.9 Å². The van der Waals surface area contributed by atoms with Crippen molar-refractivity contribution in [2.24, 2.45) is 5.41 Å². The van der Waals surface area contributed by atoms with Crippen LogP contribution in [0.5, 0.6) is 0 Å². The Morgan fingerprint density at radius 3 is 2.42 bits per heavy atom. The molecule has 2 nitrogen and oxygen atoms in total. The van der Waals surface area contributed by atoms with Crippen LogP contribution in [0.15, 0.2) is 16.7 Å². The summed E-state index contributed by atoms with van der Waals surface area (Å²) in [5, 5.41) is 0. The maximum Gasteiger partial charge on any atom is 0.166 e. The Kier molecular flexibility index (Phi) is 3.79. The standard InChI is InChI=1S/C15H20BrFN2/c16-12-10-13(17)14(18-11-12)19-8-6-15(7-9-19)4-2-1-3-5-15/h10-11H,1-9H2. The minimum absolute atomic E-state index is 0.214. The van der Waals surface area contributed by atoms with Gasteiger partial charge in [0.05, 0.1) is 0 Å². The molecule has 2 heterocycles. The molecule has 0 N–H and O–H groups in total. The van der Waals surface area contributed by atoms with E-state index in [0.717, 1.165) is 13.1 Å². The molecule has 3 rings (SSSR count). The Bertz CT molecular complexity index is 447. The fraction of sp³-hybridized carbons (Fsp3) is 0.667. The summed E-state index contributed by atoms with van der Waals surface area (Å²) in [4.78, 5) is 6.35. The zero-order valence-electron chi connectivity index (χ0n) is 11.2. The van der Waals surface area contributed by atoms with Gasteiger partial charge in [-0.15, -0.1) is 0 Å². The Labute approximate surface area is 122 Å². The molecule has 19 heavy (non-hydrogen) atoms. The smallest absolute Gasteiger partial charge is 0.166 e. The van der Waals surface area contributed by atoms with E-state index in [1.165, 1.54) is 51.0 Å². The lowest BCUT2D eigenvalue weighted by Gasteiger charge is -2.44. The average Bonchev–Trinajstić information content (AvgIpc) is 2.41. The van der Waals surface area contributed by atoms with E-state index in [-0.39, 0.29) is 5.82 Å². The maximum atomic E-state index is 13.9. The molecule has 0 amide bonds. The van der Waals surface area contributed by atoms with E-state index in [1.807, 2.05) is 0 Å². The summed E-state index contributed by atoms with van der Waals surface area (Å²) < 4.78 is 14.6. The van der Waals surface area contributed by atoms with E-state index in [2.05, 4.69) is 25.8 Å². The number of aromatic nitrogens is 1. The quantitative estimate of drug-likeness (QED) is 0.753. The number of pyridine rings is 1. The monoisotopic (exact) mass is 326 g/mol. The van der Waals surface area contributed by atoms with Crippen molar-refractivity contribution in [2.75, 3.05) is 18.0 Å². The molecule has 0 atom stereocenters. The molecule has 0 unspecified atom stereocenters. The number of anilines is 1. The summed E-state index contributed by atoms with van der Waals surface area (Å²) in [6.07, 6.45) is 11.0. The predicted molar refractivity (Wildman–Crippen MR) is 78.9 cm³/mol. The summed E-state index contributed by atoms with van der Waals surface area (Å²) in [5.41, 5.74) is 0.556. The molecule has 104 valence electrons. The molecule has 2 aliphatic rings. The molecule has 0 aromatic carbocycles. The van der Waals surface area contributed by atoms with Gasteiger partial charge in [0.25, 0.3) is 0 Å². The van der Waals surface area contributed by atoms with E-state index < -0.39 is 0 Å². The van der Waals surface area contributed by atoms with Crippen molar-refractivity contribution >= 4 is 21.7 Å². The summed E-state index contributed by atoms with van der Waals surface area (Å²) in [6, 6.07) is 1.51. The van der Waals surface area contributed by atoms with Crippen LogP contribution < -0.4 is 4.90 Å². The number of hydrogen-bond acceptors (Lipinski definition) is 2.